The number of benzene rings is 4. The molecule has 2 aliphatic heterocycles. The van der Waals surface area contributed by atoms with Gasteiger partial charge in [-0.25, -0.2) is 9.97 Å². The summed E-state index contributed by atoms with van der Waals surface area (Å²) in [5.41, 5.74) is 7.41. The molecular weight excluding hydrogens is 929 g/mol. The van der Waals surface area contributed by atoms with Crippen LogP contribution in [0.5, 0.6) is 0 Å². The summed E-state index contributed by atoms with van der Waals surface area (Å²) in [5.74, 6) is 0. The Balaban J connectivity index is 0.00000247. The Morgan fingerprint density at radius 2 is 0.508 bits per heavy atom. The second-order valence-electron chi connectivity index (χ2n) is 14.5. The molecule has 2 aliphatic rings. The molecule has 5 heterocycles. The van der Waals surface area contributed by atoms with E-state index in [0.717, 1.165) is 0 Å². The molecule has 65 heavy (non-hydrogen) atoms. The predicted molar refractivity (Wildman–Crippen MR) is 248 cm³/mol. The van der Waals surface area contributed by atoms with Crippen LogP contribution in [0.3, 0.4) is 0 Å². The minimum absolute atomic E-state index is 0. The first kappa shape index (κ1) is 45.5. The summed E-state index contributed by atoms with van der Waals surface area (Å²) >= 11 is 0. The first-order valence-electron chi connectivity index (χ1n) is 18.7. The summed E-state index contributed by atoms with van der Waals surface area (Å²) in [7, 11) is -18.2. The van der Waals surface area contributed by atoms with Crippen LogP contribution in [0.2, 0.25) is 0 Å². The molecule has 0 radical (unpaired) electrons. The average molecular weight is 961 g/mol. The molecule has 0 spiro atoms. The van der Waals surface area contributed by atoms with Crippen molar-refractivity contribution in [2.75, 3.05) is 0 Å². The fourth-order valence-electron chi connectivity index (χ4n) is 7.59. The Labute approximate surface area is 390 Å². The Hall–Kier alpha value is -6.11. The van der Waals surface area contributed by atoms with Gasteiger partial charge in [0.05, 0.1) is 42.4 Å². The van der Waals surface area contributed by atoms with Gasteiger partial charge in [-0.3, -0.25) is 18.2 Å². The normalized spacial score (nSPS) is 12.9. The number of hydrogen-bond acceptors (Lipinski definition) is 10. The van der Waals surface area contributed by atoms with Crippen molar-refractivity contribution in [2.45, 2.75) is 19.6 Å². The van der Waals surface area contributed by atoms with Gasteiger partial charge in [-0.2, -0.15) is 33.7 Å². The van der Waals surface area contributed by atoms with Gasteiger partial charge in [0.25, 0.3) is 40.5 Å². The Bertz CT molecular complexity index is 3320. The predicted octanol–water partition coefficient (Wildman–Crippen LogP) is 8.15. The van der Waals surface area contributed by atoms with E-state index < -0.39 is 40.5 Å². The van der Waals surface area contributed by atoms with Gasteiger partial charge in [-0.1, -0.05) is 48.5 Å². The van der Waals surface area contributed by atoms with Crippen molar-refractivity contribution in [3.8, 4) is 44.5 Å². The molecule has 0 atom stereocenters. The molecule has 21 heteroatoms. The van der Waals surface area contributed by atoms with Crippen molar-refractivity contribution in [2.24, 2.45) is 0 Å². The molecule has 326 valence electrons. The van der Waals surface area contributed by atoms with Gasteiger partial charge in [0.2, 0.25) is 0 Å². The quantitative estimate of drug-likeness (QED) is 0.0619. The topological polar surface area (TPSA) is 275 Å². The Morgan fingerprint density at radius 1 is 0.323 bits per heavy atom. The summed E-state index contributed by atoms with van der Waals surface area (Å²) in [5, 5.41) is 0. The van der Waals surface area contributed by atoms with E-state index in [1.807, 2.05) is 0 Å². The van der Waals surface area contributed by atoms with Crippen LogP contribution >= 0.6 is 0 Å². The molecule has 0 saturated carbocycles. The first-order chi connectivity index (χ1) is 30.2. The van der Waals surface area contributed by atoms with Crippen LogP contribution in [-0.4, -0.2) is 94.9 Å². The van der Waals surface area contributed by atoms with Crippen LogP contribution < -0.4 is 0 Å². The zero-order valence-corrected chi connectivity index (χ0v) is 37.8. The van der Waals surface area contributed by atoms with Gasteiger partial charge in [0, 0.05) is 44.3 Å². The van der Waals surface area contributed by atoms with Crippen molar-refractivity contribution in [3.05, 3.63) is 144 Å². The second kappa shape index (κ2) is 16.7. The van der Waals surface area contributed by atoms with Crippen LogP contribution in [0.1, 0.15) is 25.6 Å². The molecule has 0 fully saturated rings. The van der Waals surface area contributed by atoms with Gasteiger partial charge in [-0.15, -0.1) is 0 Å². The van der Waals surface area contributed by atoms with E-state index in [9.17, 15) is 51.9 Å². The third kappa shape index (κ3) is 8.98. The molecule has 7 aromatic rings. The number of hydrogen-bond donors (Lipinski definition) is 6. The van der Waals surface area contributed by atoms with E-state index in [0.29, 0.717) is 89.4 Å². The smallest absolute Gasteiger partial charge is 1.00 e. The van der Waals surface area contributed by atoms with Gasteiger partial charge in [-0.05, 0) is 119 Å². The fraction of sp³-hybridized carbons (Fsp3) is 0. The fourth-order valence-corrected chi connectivity index (χ4v) is 9.51. The van der Waals surface area contributed by atoms with Crippen molar-refractivity contribution < 1.29 is 54.7 Å². The summed E-state index contributed by atoms with van der Waals surface area (Å²) in [6, 6.07) is 29.0. The van der Waals surface area contributed by atoms with E-state index in [4.69, 9.17) is 9.97 Å². The number of aromatic nitrogens is 4. The molecule has 9 rings (SSSR count). The molecule has 0 saturated heterocycles. The van der Waals surface area contributed by atoms with Crippen molar-refractivity contribution in [1.29, 1.82) is 0 Å². The standard InChI is InChI=1S/C44H30N4O12S4.Mg.2H/c49-61(50,51)29-9-1-25(2-10-29)41-33-17-19-35(45-33)42(26-3-11-30(12-4-26)62(52,53)54)37-21-23-39(47-37)44(28-7-15-32(16-8-28)64(58,59)60)40-24-22-38(48-40)43(36-20-18-34(41)46-36)27-5-13-31(14-6-27)63(55,56)57;;;/h1-24,45,48H,(H,49,50,51)(H,52,53,54)(H,55,56,57)(H,58,59,60);;;/q;+2;2*-1. The SMILES string of the molecule is O=S(=O)(O)c1ccc(-c2c3nc(c(-c4ccc(S(=O)(=O)O)cc4)c4ccc([nH]4)c(-c4ccc(S(=O)(=O)O)cc4)c4nc(c(-c5ccc(S(=O)(=O)O)cc5)c5ccc2[nH]5)C=C4)C=C3)cc1.[H-].[H-].[Mg+2]. The molecule has 6 N–H and O–H groups in total. The molecule has 16 nitrogen and oxygen atoms in total. The van der Waals surface area contributed by atoms with Crippen LogP contribution in [0.15, 0.2) is 141 Å². The van der Waals surface area contributed by atoms with Crippen LogP contribution in [0.25, 0.3) is 90.9 Å². The maximum absolute atomic E-state index is 12.0. The molecule has 3 aromatic heterocycles. The zero-order chi connectivity index (χ0) is 45.3. The maximum Gasteiger partial charge on any atom is 2.00 e. The Morgan fingerprint density at radius 3 is 0.677 bits per heavy atom. The largest absolute Gasteiger partial charge is 2.00 e. The van der Waals surface area contributed by atoms with Crippen molar-refractivity contribution in [1.82, 2.24) is 19.9 Å². The van der Waals surface area contributed by atoms with E-state index in [1.54, 1.807) is 48.6 Å². The zero-order valence-electron chi connectivity index (χ0n) is 35.1. The van der Waals surface area contributed by atoms with Gasteiger partial charge < -0.3 is 12.8 Å². The van der Waals surface area contributed by atoms with Gasteiger partial charge in [0.1, 0.15) is 0 Å². The first-order valence-corrected chi connectivity index (χ1v) is 24.5. The Kier molecular flexibility index (Phi) is 11.7. The molecule has 0 unspecified atom stereocenters. The number of H-pyrrole nitrogens is 2. The summed E-state index contributed by atoms with van der Waals surface area (Å²) in [6.45, 7) is 0. The molecule has 8 bridgehead atoms. The number of nitrogens with one attached hydrogen (secondary N) is 2. The minimum Gasteiger partial charge on any atom is -1.00 e. The molecule has 4 aromatic carbocycles. The molecule has 0 aliphatic carbocycles. The average Bonchev–Trinajstić information content (AvgIpc) is 4.08. The summed E-state index contributed by atoms with van der Waals surface area (Å²) in [4.78, 5) is 15.6. The monoisotopic (exact) mass is 960 g/mol. The van der Waals surface area contributed by atoms with E-state index in [2.05, 4.69) is 9.97 Å². The van der Waals surface area contributed by atoms with Crippen molar-refractivity contribution >= 4 is 110 Å². The van der Waals surface area contributed by atoms with Crippen molar-refractivity contribution in [3.63, 3.8) is 0 Å². The third-order valence-electron chi connectivity index (χ3n) is 10.5. The summed E-state index contributed by atoms with van der Waals surface area (Å²) in [6.07, 6.45) is 6.92. The maximum atomic E-state index is 12.0. The third-order valence-corrected chi connectivity index (χ3v) is 14.0. The van der Waals surface area contributed by atoms with Crippen LogP contribution in [0, 0.1) is 0 Å². The van der Waals surface area contributed by atoms with Gasteiger partial charge in [0.15, 0.2) is 0 Å². The van der Waals surface area contributed by atoms with Crippen LogP contribution in [0.4, 0.5) is 0 Å². The van der Waals surface area contributed by atoms with E-state index in [-0.39, 0.29) is 45.5 Å². The summed E-state index contributed by atoms with van der Waals surface area (Å²) < 4.78 is 135. The van der Waals surface area contributed by atoms with E-state index in [1.165, 1.54) is 97.1 Å². The molecule has 0 amide bonds. The van der Waals surface area contributed by atoms with Gasteiger partial charge >= 0.3 is 23.1 Å². The number of aromatic amines is 2. The second-order valence-corrected chi connectivity index (χ2v) is 20.2. The number of rotatable bonds is 8. The number of fused-ring (bicyclic) bond motifs is 8. The molecular formula is C44H32MgN4O12S4. The number of nitrogens with zero attached hydrogens (tertiary/aromatic N) is 2. The minimum atomic E-state index is -4.55. The van der Waals surface area contributed by atoms with Crippen LogP contribution in [-0.2, 0) is 40.5 Å². The van der Waals surface area contributed by atoms with E-state index >= 15 is 0 Å².